The summed E-state index contributed by atoms with van der Waals surface area (Å²) in [5.74, 6) is -2.74. The predicted octanol–water partition coefficient (Wildman–Crippen LogP) is 13.5. The molecule has 0 rings (SSSR count). The maximum absolute atomic E-state index is 10.2. The summed E-state index contributed by atoms with van der Waals surface area (Å²) in [7, 11) is 0. The van der Waals surface area contributed by atoms with Crippen molar-refractivity contribution >= 4 is 17.9 Å². The van der Waals surface area contributed by atoms with E-state index in [4.69, 9.17) is 0 Å². The fourth-order valence-electron chi connectivity index (χ4n) is 7.02. The molecular formula is C54H101GdO7. The Morgan fingerprint density at radius 2 is 0.419 bits per heavy atom. The van der Waals surface area contributed by atoms with E-state index in [2.05, 4.69) is 57.2 Å². The van der Waals surface area contributed by atoms with Gasteiger partial charge in [0.1, 0.15) is 0 Å². The van der Waals surface area contributed by atoms with Gasteiger partial charge in [-0.1, -0.05) is 211 Å². The molecule has 0 amide bonds. The maximum Gasteiger partial charge on any atom is 3.00 e. The van der Waals surface area contributed by atoms with Gasteiger partial charge in [-0.25, -0.2) is 0 Å². The average Bonchev–Trinajstić information content (AvgIpc) is 3.22. The van der Waals surface area contributed by atoms with Crippen LogP contribution in [0.25, 0.3) is 0 Å². The summed E-state index contributed by atoms with van der Waals surface area (Å²) in [6.45, 7) is 6.77. The van der Waals surface area contributed by atoms with Gasteiger partial charge in [0.25, 0.3) is 0 Å². The van der Waals surface area contributed by atoms with Gasteiger partial charge in [-0.15, -0.1) is 0 Å². The first-order chi connectivity index (χ1) is 29.3. The molecule has 8 heteroatoms. The Bertz CT molecular complexity index is 830. The van der Waals surface area contributed by atoms with Crippen LogP contribution < -0.4 is 15.3 Å². The van der Waals surface area contributed by atoms with Crippen molar-refractivity contribution < 1.29 is 75.1 Å². The standard InChI is InChI=1S/3C18H34O2.Gd.H2O/c3*1-2-3-4-5-6-7-8-9-10-11-12-13-14-15-16-17-18(19)20;;/h3*9-10H,2-8,11-17H2,1H3,(H,19,20);;1H2/q;;;+3;/p-3/b3*10-9-;;. The number of carbonyl (C=O) groups is 3. The third kappa shape index (κ3) is 79.3. The summed E-state index contributed by atoms with van der Waals surface area (Å²) in [6.07, 6.45) is 62.7. The Labute approximate surface area is 417 Å². The monoisotopic (exact) mass is 1020 g/mol. The van der Waals surface area contributed by atoms with Crippen LogP contribution in [0, 0.1) is 39.9 Å². The number of hydrogen-bond donors (Lipinski definition) is 0. The van der Waals surface area contributed by atoms with E-state index < -0.39 is 17.9 Å². The number of carbonyl (C=O) groups excluding carboxylic acids is 3. The Kier molecular flexibility index (Phi) is 75.0. The van der Waals surface area contributed by atoms with E-state index in [1.165, 1.54) is 193 Å². The zero-order chi connectivity index (χ0) is 44.7. The van der Waals surface area contributed by atoms with E-state index in [0.29, 0.717) is 0 Å². The molecule has 0 aromatic heterocycles. The Morgan fingerprint density at radius 3 is 0.581 bits per heavy atom. The molecule has 0 unspecified atom stereocenters. The first-order valence-corrected chi connectivity index (χ1v) is 25.9. The van der Waals surface area contributed by atoms with Gasteiger partial charge >= 0.3 is 39.9 Å². The van der Waals surface area contributed by atoms with E-state index in [-0.39, 0.29) is 64.7 Å². The van der Waals surface area contributed by atoms with Crippen LogP contribution in [0.4, 0.5) is 0 Å². The minimum Gasteiger partial charge on any atom is -0.550 e. The molecule has 0 atom stereocenters. The van der Waals surface area contributed by atoms with Crippen LogP contribution >= 0.6 is 0 Å². The van der Waals surface area contributed by atoms with Crippen molar-refractivity contribution in [3.05, 3.63) is 36.5 Å². The van der Waals surface area contributed by atoms with Crippen molar-refractivity contribution in [1.82, 2.24) is 0 Å². The SMILES string of the molecule is CCCCCCCC/C=C\CCCCCCCC(=O)[O-].CCCCCCCC/C=C\CCCCCCCC(=O)[O-].CCCCCCCC/C=C\CCCCCCCC(=O)[O-].O.[Gd+3]. The molecule has 2 N–H and O–H groups in total. The summed E-state index contributed by atoms with van der Waals surface area (Å²) in [6, 6.07) is 0. The fourth-order valence-corrected chi connectivity index (χ4v) is 7.02. The number of unbranched alkanes of at least 4 members (excludes halogenated alkanes) is 33. The third-order valence-corrected chi connectivity index (χ3v) is 10.9. The van der Waals surface area contributed by atoms with Gasteiger partial charge in [0.15, 0.2) is 0 Å². The largest absolute Gasteiger partial charge is 3.00 e. The van der Waals surface area contributed by atoms with Crippen molar-refractivity contribution in [2.24, 2.45) is 0 Å². The average molecular weight is 1020 g/mol. The van der Waals surface area contributed by atoms with E-state index in [1.54, 1.807) is 0 Å². The molecule has 0 fully saturated rings. The van der Waals surface area contributed by atoms with Gasteiger partial charge in [-0.05, 0) is 116 Å². The number of hydrogen-bond acceptors (Lipinski definition) is 6. The summed E-state index contributed by atoms with van der Waals surface area (Å²) in [5.41, 5.74) is 0. The smallest absolute Gasteiger partial charge is 0.550 e. The van der Waals surface area contributed by atoms with Crippen LogP contribution in [0.5, 0.6) is 0 Å². The topological polar surface area (TPSA) is 152 Å². The van der Waals surface area contributed by atoms with Gasteiger partial charge in [-0.3, -0.25) is 0 Å². The van der Waals surface area contributed by atoms with Crippen LogP contribution in [0.15, 0.2) is 36.5 Å². The van der Waals surface area contributed by atoms with Gasteiger partial charge in [0, 0.05) is 17.9 Å². The summed E-state index contributed by atoms with van der Waals surface area (Å²) in [5, 5.41) is 30.6. The van der Waals surface area contributed by atoms with E-state index >= 15 is 0 Å². The summed E-state index contributed by atoms with van der Waals surface area (Å²) < 4.78 is 0. The molecule has 0 aliphatic rings. The third-order valence-electron chi connectivity index (χ3n) is 10.9. The van der Waals surface area contributed by atoms with Crippen molar-refractivity contribution in [1.29, 1.82) is 0 Å². The summed E-state index contributed by atoms with van der Waals surface area (Å²) in [4.78, 5) is 30.6. The quantitative estimate of drug-likeness (QED) is 0.0437. The molecule has 1 radical (unpaired) electrons. The number of rotatable bonds is 45. The van der Waals surface area contributed by atoms with Crippen molar-refractivity contribution in [2.75, 3.05) is 0 Å². The molecule has 0 aromatic carbocycles. The van der Waals surface area contributed by atoms with Crippen LogP contribution in [0.3, 0.4) is 0 Å². The maximum atomic E-state index is 10.2. The normalized spacial score (nSPS) is 10.9. The molecule has 0 aliphatic heterocycles. The molecule has 0 bridgehead atoms. The Hall–Kier alpha value is -1.09. The molecule has 0 aliphatic carbocycles. The molecule has 0 heterocycles. The molecular weight excluding hydrogens is 918 g/mol. The number of aliphatic carboxylic acids is 3. The minimum absolute atomic E-state index is 0. The van der Waals surface area contributed by atoms with Gasteiger partial charge in [-0.2, -0.15) is 0 Å². The van der Waals surface area contributed by atoms with Crippen molar-refractivity contribution in [3.8, 4) is 0 Å². The molecule has 367 valence electrons. The van der Waals surface area contributed by atoms with Crippen LogP contribution in [-0.4, -0.2) is 23.4 Å². The second-order valence-corrected chi connectivity index (χ2v) is 17.1. The Morgan fingerprint density at radius 1 is 0.274 bits per heavy atom. The summed E-state index contributed by atoms with van der Waals surface area (Å²) >= 11 is 0. The molecule has 0 spiro atoms. The van der Waals surface area contributed by atoms with E-state index in [1.807, 2.05) is 0 Å². The molecule has 62 heavy (non-hydrogen) atoms. The number of carboxylic acids is 3. The van der Waals surface area contributed by atoms with Crippen molar-refractivity contribution in [2.45, 2.75) is 290 Å². The van der Waals surface area contributed by atoms with Gasteiger partial charge < -0.3 is 35.2 Å². The first kappa shape index (κ1) is 69.9. The van der Waals surface area contributed by atoms with E-state index in [0.717, 1.165) is 57.8 Å². The van der Waals surface area contributed by atoms with Crippen molar-refractivity contribution in [3.63, 3.8) is 0 Å². The number of carboxylic acid groups (broad SMARTS) is 3. The fraction of sp³-hybridized carbons (Fsp3) is 0.833. The second-order valence-electron chi connectivity index (χ2n) is 17.1. The predicted molar refractivity (Wildman–Crippen MR) is 257 cm³/mol. The van der Waals surface area contributed by atoms with E-state index in [9.17, 15) is 29.7 Å². The zero-order valence-electron chi connectivity index (χ0n) is 41.0. The molecule has 0 saturated heterocycles. The van der Waals surface area contributed by atoms with Gasteiger partial charge in [0.2, 0.25) is 0 Å². The molecule has 0 saturated carbocycles. The van der Waals surface area contributed by atoms with Crippen LogP contribution in [-0.2, 0) is 14.4 Å². The minimum atomic E-state index is -0.914. The molecule has 7 nitrogen and oxygen atoms in total. The second kappa shape index (κ2) is 66.5. The first-order valence-electron chi connectivity index (χ1n) is 25.9. The zero-order valence-corrected chi connectivity index (χ0v) is 43.2. The van der Waals surface area contributed by atoms with Crippen LogP contribution in [0.2, 0.25) is 0 Å². The van der Waals surface area contributed by atoms with Crippen LogP contribution in [0.1, 0.15) is 290 Å². The molecule has 0 aromatic rings. The Balaban J connectivity index is -0.000000258. The number of allylic oxidation sites excluding steroid dienone is 6. The van der Waals surface area contributed by atoms with Gasteiger partial charge in [0.05, 0.1) is 0 Å².